The van der Waals surface area contributed by atoms with Crippen LogP contribution in [0.5, 0.6) is 0 Å². The van der Waals surface area contributed by atoms with Crippen LogP contribution in [-0.2, 0) is 0 Å². The van der Waals surface area contributed by atoms with E-state index in [2.05, 4.69) is 11.6 Å². The third-order valence-electron chi connectivity index (χ3n) is 1.97. The minimum atomic E-state index is 0.693. The molecule has 64 valence electrons. The van der Waals surface area contributed by atoms with E-state index >= 15 is 0 Å². The van der Waals surface area contributed by atoms with E-state index in [4.69, 9.17) is 5.73 Å². The summed E-state index contributed by atoms with van der Waals surface area (Å²) in [6.45, 7) is 3.70. The molecule has 2 heteroatoms. The largest absolute Gasteiger partial charge is 0.397 e. The number of pyridine rings is 1. The number of nitrogens with zero attached hydrogens (tertiary/aromatic N) is 1. The molecule has 1 aromatic carbocycles. The first-order valence-electron chi connectivity index (χ1n) is 4.07. The molecule has 0 amide bonds. The van der Waals surface area contributed by atoms with Crippen LogP contribution in [0.4, 0.5) is 5.69 Å². The monoisotopic (exact) mass is 170 g/mol. The van der Waals surface area contributed by atoms with Crippen molar-refractivity contribution in [1.29, 1.82) is 0 Å². The number of nitrogen functional groups attached to an aromatic ring is 1. The molecule has 2 N–H and O–H groups in total. The molecule has 0 saturated heterocycles. The molecule has 2 nitrogen and oxygen atoms in total. The lowest BCUT2D eigenvalue weighted by Gasteiger charge is -1.99. The summed E-state index contributed by atoms with van der Waals surface area (Å²) in [5.41, 5.74) is 8.33. The second kappa shape index (κ2) is 2.90. The number of rotatable bonds is 1. The van der Waals surface area contributed by atoms with Crippen LogP contribution in [0.2, 0.25) is 0 Å². The van der Waals surface area contributed by atoms with Gasteiger partial charge >= 0.3 is 0 Å². The number of nitrogens with two attached hydrogens (primary N) is 1. The molecule has 0 spiro atoms. The van der Waals surface area contributed by atoms with E-state index in [-0.39, 0.29) is 0 Å². The second-order valence-corrected chi connectivity index (χ2v) is 2.92. The predicted molar refractivity (Wildman–Crippen MR) is 56.2 cm³/mol. The van der Waals surface area contributed by atoms with Crippen LogP contribution in [0, 0.1) is 0 Å². The van der Waals surface area contributed by atoms with E-state index in [1.165, 1.54) is 0 Å². The summed E-state index contributed by atoms with van der Waals surface area (Å²) < 4.78 is 0. The van der Waals surface area contributed by atoms with Gasteiger partial charge in [-0.25, -0.2) is 0 Å². The second-order valence-electron chi connectivity index (χ2n) is 2.92. The fourth-order valence-electron chi connectivity index (χ4n) is 1.28. The minimum Gasteiger partial charge on any atom is -0.397 e. The Morgan fingerprint density at radius 1 is 1.31 bits per heavy atom. The van der Waals surface area contributed by atoms with E-state index in [0.717, 1.165) is 16.5 Å². The van der Waals surface area contributed by atoms with Crippen LogP contribution < -0.4 is 5.73 Å². The van der Waals surface area contributed by atoms with Crippen LogP contribution >= 0.6 is 0 Å². The molecule has 0 radical (unpaired) electrons. The Hall–Kier alpha value is -1.83. The van der Waals surface area contributed by atoms with Crippen molar-refractivity contribution in [2.75, 3.05) is 5.73 Å². The molecule has 0 aliphatic carbocycles. The molecule has 0 aliphatic rings. The Morgan fingerprint density at radius 3 is 2.92 bits per heavy atom. The zero-order valence-electron chi connectivity index (χ0n) is 7.20. The van der Waals surface area contributed by atoms with Gasteiger partial charge in [-0.05, 0) is 17.7 Å². The van der Waals surface area contributed by atoms with Crippen molar-refractivity contribution in [3.63, 3.8) is 0 Å². The van der Waals surface area contributed by atoms with Crippen molar-refractivity contribution in [2.24, 2.45) is 0 Å². The SMILES string of the molecule is C=Cc1ccc2cc(N)cnc2c1. The molecule has 0 aliphatic heterocycles. The summed E-state index contributed by atoms with van der Waals surface area (Å²) in [5, 5.41) is 1.06. The summed E-state index contributed by atoms with van der Waals surface area (Å²) in [6, 6.07) is 7.89. The first-order chi connectivity index (χ1) is 6.29. The normalized spacial score (nSPS) is 10.2. The van der Waals surface area contributed by atoms with Gasteiger partial charge in [-0.2, -0.15) is 0 Å². The average molecular weight is 170 g/mol. The Balaban J connectivity index is 2.73. The third kappa shape index (κ3) is 1.38. The molecule has 0 saturated carbocycles. The molecule has 0 atom stereocenters. The van der Waals surface area contributed by atoms with Crippen molar-refractivity contribution in [3.05, 3.63) is 42.6 Å². The van der Waals surface area contributed by atoms with Gasteiger partial charge in [0.05, 0.1) is 17.4 Å². The van der Waals surface area contributed by atoms with Crippen molar-refractivity contribution in [2.45, 2.75) is 0 Å². The highest BCUT2D eigenvalue weighted by atomic mass is 14.7. The molecular formula is C11H10N2. The van der Waals surface area contributed by atoms with Gasteiger partial charge in [0, 0.05) is 5.39 Å². The number of benzene rings is 1. The van der Waals surface area contributed by atoms with Gasteiger partial charge in [-0.3, -0.25) is 4.98 Å². The van der Waals surface area contributed by atoms with E-state index in [0.29, 0.717) is 5.69 Å². The van der Waals surface area contributed by atoms with Crippen LogP contribution in [0.25, 0.3) is 17.0 Å². The summed E-state index contributed by atoms with van der Waals surface area (Å²) in [6.07, 6.45) is 3.46. The Kier molecular flexibility index (Phi) is 1.74. The van der Waals surface area contributed by atoms with Gasteiger partial charge < -0.3 is 5.73 Å². The van der Waals surface area contributed by atoms with E-state index in [9.17, 15) is 0 Å². The Labute approximate surface area is 76.7 Å². The molecular weight excluding hydrogens is 160 g/mol. The number of anilines is 1. The topological polar surface area (TPSA) is 38.9 Å². The maximum Gasteiger partial charge on any atom is 0.0709 e. The predicted octanol–water partition coefficient (Wildman–Crippen LogP) is 2.46. The van der Waals surface area contributed by atoms with Crippen molar-refractivity contribution in [1.82, 2.24) is 4.98 Å². The number of aromatic nitrogens is 1. The van der Waals surface area contributed by atoms with Crippen molar-refractivity contribution < 1.29 is 0 Å². The zero-order valence-corrected chi connectivity index (χ0v) is 7.20. The van der Waals surface area contributed by atoms with E-state index < -0.39 is 0 Å². The van der Waals surface area contributed by atoms with Crippen molar-refractivity contribution in [3.8, 4) is 0 Å². The molecule has 0 fully saturated rings. The first-order valence-corrected chi connectivity index (χ1v) is 4.07. The lowest BCUT2D eigenvalue weighted by atomic mass is 10.1. The maximum absolute atomic E-state index is 5.61. The van der Waals surface area contributed by atoms with Crippen LogP contribution in [0.3, 0.4) is 0 Å². The van der Waals surface area contributed by atoms with Gasteiger partial charge in [0.25, 0.3) is 0 Å². The third-order valence-corrected chi connectivity index (χ3v) is 1.97. The summed E-state index contributed by atoms with van der Waals surface area (Å²) in [4.78, 5) is 4.22. The molecule has 0 unspecified atom stereocenters. The minimum absolute atomic E-state index is 0.693. The number of hydrogen-bond acceptors (Lipinski definition) is 2. The lowest BCUT2D eigenvalue weighted by molar-refractivity contribution is 1.41. The number of fused-ring (bicyclic) bond motifs is 1. The Morgan fingerprint density at radius 2 is 2.15 bits per heavy atom. The summed E-state index contributed by atoms with van der Waals surface area (Å²) >= 11 is 0. The van der Waals surface area contributed by atoms with Gasteiger partial charge in [-0.1, -0.05) is 24.8 Å². The molecule has 1 heterocycles. The van der Waals surface area contributed by atoms with Gasteiger partial charge in [0.15, 0.2) is 0 Å². The van der Waals surface area contributed by atoms with Crippen LogP contribution in [0.1, 0.15) is 5.56 Å². The van der Waals surface area contributed by atoms with Gasteiger partial charge in [-0.15, -0.1) is 0 Å². The lowest BCUT2D eigenvalue weighted by Crippen LogP contribution is -1.87. The highest BCUT2D eigenvalue weighted by Crippen LogP contribution is 2.16. The molecule has 13 heavy (non-hydrogen) atoms. The first kappa shape index (κ1) is 7.80. The molecule has 2 rings (SSSR count). The maximum atomic E-state index is 5.61. The van der Waals surface area contributed by atoms with Crippen LogP contribution in [-0.4, -0.2) is 4.98 Å². The van der Waals surface area contributed by atoms with Gasteiger partial charge in [0.1, 0.15) is 0 Å². The fraction of sp³-hybridized carbons (Fsp3) is 0. The van der Waals surface area contributed by atoms with Crippen molar-refractivity contribution >= 4 is 22.7 Å². The van der Waals surface area contributed by atoms with E-state index in [1.54, 1.807) is 12.3 Å². The fourth-order valence-corrected chi connectivity index (χ4v) is 1.28. The van der Waals surface area contributed by atoms with Crippen LogP contribution in [0.15, 0.2) is 37.0 Å². The molecule has 1 aromatic heterocycles. The highest BCUT2D eigenvalue weighted by Gasteiger charge is 1.95. The van der Waals surface area contributed by atoms with Gasteiger partial charge in [0.2, 0.25) is 0 Å². The highest BCUT2D eigenvalue weighted by molar-refractivity contribution is 5.83. The molecule has 0 bridgehead atoms. The smallest absolute Gasteiger partial charge is 0.0709 e. The summed E-state index contributed by atoms with van der Waals surface area (Å²) in [5.74, 6) is 0. The average Bonchev–Trinajstić information content (AvgIpc) is 2.17. The number of hydrogen-bond donors (Lipinski definition) is 1. The quantitative estimate of drug-likeness (QED) is 0.714. The molecule has 2 aromatic rings. The Bertz CT molecular complexity index is 461. The standard InChI is InChI=1S/C11H10N2/c1-2-8-3-4-9-6-10(12)7-13-11(9)5-8/h2-7H,1,12H2. The van der Waals surface area contributed by atoms with E-state index in [1.807, 2.05) is 24.3 Å². The summed E-state index contributed by atoms with van der Waals surface area (Å²) in [7, 11) is 0. The zero-order chi connectivity index (χ0) is 9.26.